The van der Waals surface area contributed by atoms with E-state index in [4.69, 9.17) is 10.8 Å². The molecule has 0 fully saturated rings. The van der Waals surface area contributed by atoms with Crippen LogP contribution in [-0.4, -0.2) is 11.4 Å². The lowest BCUT2D eigenvalue weighted by Gasteiger charge is -2.27. The van der Waals surface area contributed by atoms with Gasteiger partial charge in [-0.2, -0.15) is 0 Å². The van der Waals surface area contributed by atoms with Gasteiger partial charge in [0.1, 0.15) is 0 Å². The fourth-order valence-electron chi connectivity index (χ4n) is 3.94. The van der Waals surface area contributed by atoms with Crippen molar-refractivity contribution in [3.05, 3.63) is 68.8 Å². The first kappa shape index (κ1) is 18.1. The van der Waals surface area contributed by atoms with Crippen LogP contribution < -0.4 is 0 Å². The molecule has 2 aromatic carbocycles. The number of nitrogens with one attached hydrogen (secondary N) is 2. The largest absolute Gasteiger partial charge is 0.304 e. The zero-order valence-electron chi connectivity index (χ0n) is 15.9. The Morgan fingerprint density at radius 1 is 0.667 bits per heavy atom. The fraction of sp³-hybridized carbons (Fsp3) is 0.364. The van der Waals surface area contributed by atoms with Crippen molar-refractivity contribution < 1.29 is 0 Å². The average Bonchev–Trinajstić information content (AvgIpc) is 2.42. The lowest BCUT2D eigenvalue weighted by Crippen LogP contribution is -2.23. The van der Waals surface area contributed by atoms with Crippen molar-refractivity contribution in [2.24, 2.45) is 0 Å². The summed E-state index contributed by atoms with van der Waals surface area (Å²) in [6.07, 6.45) is 0. The van der Waals surface area contributed by atoms with E-state index >= 15 is 0 Å². The summed E-state index contributed by atoms with van der Waals surface area (Å²) in [6, 6.07) is 8.73. The number of hydrogen-bond acceptors (Lipinski definition) is 2. The molecule has 126 valence electrons. The van der Waals surface area contributed by atoms with Crippen LogP contribution in [0.2, 0.25) is 0 Å². The van der Waals surface area contributed by atoms with Gasteiger partial charge in [-0.05, 0) is 81.8 Å². The Bertz CT molecular complexity index is 724. The van der Waals surface area contributed by atoms with Crippen LogP contribution in [0.25, 0.3) is 0 Å². The highest BCUT2D eigenvalue weighted by Crippen LogP contribution is 2.36. The summed E-state index contributed by atoms with van der Waals surface area (Å²) in [7, 11) is 0. The predicted octanol–water partition coefficient (Wildman–Crippen LogP) is 5.73. The summed E-state index contributed by atoms with van der Waals surface area (Å²) in [5, 5.41) is 16.7. The second-order valence-electron chi connectivity index (χ2n) is 7.10. The topological polar surface area (TPSA) is 47.7 Å². The summed E-state index contributed by atoms with van der Waals surface area (Å²) in [5.74, 6) is -0.177. The summed E-state index contributed by atoms with van der Waals surface area (Å²) in [6.45, 7) is 14.4. The molecule has 0 radical (unpaired) electrons. The van der Waals surface area contributed by atoms with Crippen molar-refractivity contribution in [2.45, 2.75) is 54.4 Å². The van der Waals surface area contributed by atoms with Gasteiger partial charge in [-0.15, -0.1) is 0 Å². The summed E-state index contributed by atoms with van der Waals surface area (Å²) >= 11 is 0. The van der Waals surface area contributed by atoms with Crippen LogP contribution in [-0.2, 0) is 0 Å². The third-order valence-corrected chi connectivity index (χ3v) is 4.75. The van der Waals surface area contributed by atoms with Gasteiger partial charge in [-0.25, -0.2) is 0 Å². The molecule has 0 aromatic heterocycles. The monoisotopic (exact) mass is 320 g/mol. The molecule has 2 aromatic rings. The van der Waals surface area contributed by atoms with Crippen LogP contribution in [0, 0.1) is 52.4 Å². The number of aryl methyl sites for hydroxylation is 6. The number of hydrogen-bond donors (Lipinski definition) is 2. The molecule has 0 saturated carbocycles. The molecule has 0 amide bonds. The lowest BCUT2D eigenvalue weighted by molar-refractivity contribution is 0.991. The molecule has 24 heavy (non-hydrogen) atoms. The third kappa shape index (κ3) is 3.33. The lowest BCUT2D eigenvalue weighted by atomic mass is 9.77. The van der Waals surface area contributed by atoms with Gasteiger partial charge in [-0.3, -0.25) is 0 Å². The van der Waals surface area contributed by atoms with Gasteiger partial charge in [0.25, 0.3) is 0 Å². The van der Waals surface area contributed by atoms with Gasteiger partial charge >= 0.3 is 0 Å². The van der Waals surface area contributed by atoms with E-state index in [1.165, 1.54) is 44.5 Å². The Balaban J connectivity index is 2.83. The highest BCUT2D eigenvalue weighted by Gasteiger charge is 2.27. The van der Waals surface area contributed by atoms with E-state index in [-0.39, 0.29) is 5.92 Å². The van der Waals surface area contributed by atoms with Gasteiger partial charge in [0, 0.05) is 5.71 Å². The van der Waals surface area contributed by atoms with E-state index in [2.05, 4.69) is 65.8 Å². The summed E-state index contributed by atoms with van der Waals surface area (Å²) < 4.78 is 0. The quantitative estimate of drug-likeness (QED) is 0.676. The molecule has 0 saturated heterocycles. The van der Waals surface area contributed by atoms with Crippen molar-refractivity contribution in [3.63, 3.8) is 0 Å². The molecule has 0 spiro atoms. The SMILES string of the molecule is CC(=N)C(=N)C(c1c(C)cc(C)cc1C)c1c(C)cc(C)cc1C. The van der Waals surface area contributed by atoms with E-state index in [0.717, 1.165) is 0 Å². The number of rotatable bonds is 4. The minimum Gasteiger partial charge on any atom is -0.304 e. The van der Waals surface area contributed by atoms with Crippen LogP contribution >= 0.6 is 0 Å². The highest BCUT2D eigenvalue weighted by atomic mass is 14.5. The predicted molar refractivity (Wildman–Crippen MR) is 104 cm³/mol. The van der Waals surface area contributed by atoms with E-state index in [9.17, 15) is 0 Å². The van der Waals surface area contributed by atoms with Crippen LogP contribution in [0.1, 0.15) is 57.3 Å². The Morgan fingerprint density at radius 3 is 1.21 bits per heavy atom. The smallest absolute Gasteiger partial charge is 0.0637 e. The molecular weight excluding hydrogens is 292 g/mol. The molecule has 2 rings (SSSR count). The van der Waals surface area contributed by atoms with E-state index in [1.807, 2.05) is 0 Å². The summed E-state index contributed by atoms with van der Waals surface area (Å²) in [5.41, 5.74) is 10.3. The van der Waals surface area contributed by atoms with E-state index in [0.29, 0.717) is 11.4 Å². The van der Waals surface area contributed by atoms with Crippen LogP contribution in [0.3, 0.4) is 0 Å². The normalized spacial score (nSPS) is 11.0. The van der Waals surface area contributed by atoms with E-state index in [1.54, 1.807) is 6.92 Å². The van der Waals surface area contributed by atoms with Crippen LogP contribution in [0.5, 0.6) is 0 Å². The van der Waals surface area contributed by atoms with Gasteiger partial charge in [0.05, 0.1) is 11.6 Å². The maximum atomic E-state index is 8.65. The molecule has 0 atom stereocenters. The van der Waals surface area contributed by atoms with Gasteiger partial charge < -0.3 is 10.8 Å². The molecule has 2 heteroatoms. The molecule has 2 nitrogen and oxygen atoms in total. The van der Waals surface area contributed by atoms with Crippen LogP contribution in [0.15, 0.2) is 24.3 Å². The maximum absolute atomic E-state index is 8.65. The van der Waals surface area contributed by atoms with Crippen molar-refractivity contribution in [2.75, 3.05) is 0 Å². The molecule has 0 unspecified atom stereocenters. The minimum atomic E-state index is -0.177. The minimum absolute atomic E-state index is 0.177. The molecule has 2 N–H and O–H groups in total. The standard InChI is InChI=1S/C22H28N2/c1-12-8-14(3)19(15(4)9-12)21(22(24)18(7)23)20-16(5)10-13(2)11-17(20)6/h8-11,21,23-24H,1-7H3. The van der Waals surface area contributed by atoms with Crippen molar-refractivity contribution >= 4 is 11.4 Å². The second-order valence-corrected chi connectivity index (χ2v) is 7.10. The molecule has 0 bridgehead atoms. The van der Waals surface area contributed by atoms with Crippen molar-refractivity contribution in [1.82, 2.24) is 0 Å². The summed E-state index contributed by atoms with van der Waals surface area (Å²) in [4.78, 5) is 0. The highest BCUT2D eigenvalue weighted by molar-refractivity contribution is 6.41. The molecule has 0 heterocycles. The zero-order valence-corrected chi connectivity index (χ0v) is 15.9. The molecule has 0 aliphatic heterocycles. The molecular formula is C22H28N2. The third-order valence-electron chi connectivity index (χ3n) is 4.75. The Hall–Kier alpha value is -2.22. The van der Waals surface area contributed by atoms with Gasteiger partial charge in [0.2, 0.25) is 0 Å². The first-order chi connectivity index (χ1) is 11.1. The Labute approximate surface area is 146 Å². The molecule has 0 aliphatic carbocycles. The Morgan fingerprint density at radius 2 is 0.958 bits per heavy atom. The first-order valence-corrected chi connectivity index (χ1v) is 8.43. The van der Waals surface area contributed by atoms with Gasteiger partial charge in [-0.1, -0.05) is 35.4 Å². The van der Waals surface area contributed by atoms with Crippen molar-refractivity contribution in [3.8, 4) is 0 Å². The zero-order chi connectivity index (χ0) is 18.2. The Kier molecular flexibility index (Phi) is 5.08. The molecule has 0 aliphatic rings. The maximum Gasteiger partial charge on any atom is 0.0637 e. The number of benzene rings is 2. The van der Waals surface area contributed by atoms with Crippen molar-refractivity contribution in [1.29, 1.82) is 10.8 Å². The van der Waals surface area contributed by atoms with E-state index < -0.39 is 0 Å². The first-order valence-electron chi connectivity index (χ1n) is 8.43. The van der Waals surface area contributed by atoms with Gasteiger partial charge in [0.15, 0.2) is 0 Å². The van der Waals surface area contributed by atoms with Crippen LogP contribution in [0.4, 0.5) is 0 Å². The second kappa shape index (κ2) is 6.72. The average molecular weight is 320 g/mol. The fourth-order valence-corrected chi connectivity index (χ4v) is 3.94.